The average Bonchev–Trinajstić information content (AvgIpc) is 2.93. The zero-order chi connectivity index (χ0) is 26.3. The highest BCUT2D eigenvalue weighted by molar-refractivity contribution is 5.81. The number of rotatable bonds is 14. The normalized spacial score (nSPS) is 10.1. The van der Waals surface area contributed by atoms with Crippen molar-refractivity contribution in [1.29, 1.82) is 0 Å². The van der Waals surface area contributed by atoms with Crippen molar-refractivity contribution < 1.29 is 19.0 Å². The van der Waals surface area contributed by atoms with Gasteiger partial charge in [0.1, 0.15) is 18.1 Å². The van der Waals surface area contributed by atoms with Crippen LogP contribution in [0.1, 0.15) is 40.7 Å². The summed E-state index contributed by atoms with van der Waals surface area (Å²) in [5, 5.41) is 0. The molecule has 3 aromatic carbocycles. The van der Waals surface area contributed by atoms with E-state index < -0.39 is 0 Å². The second-order valence-electron chi connectivity index (χ2n) is 8.54. The predicted octanol–water partition coefficient (Wildman–Crippen LogP) is 7.52. The highest BCUT2D eigenvalue weighted by atomic mass is 16.5. The molecular weight excluding hydrogens is 460 g/mol. The van der Waals surface area contributed by atoms with E-state index in [1.165, 1.54) is 17.2 Å². The van der Waals surface area contributed by atoms with Crippen LogP contribution < -0.4 is 9.47 Å². The first-order valence-electron chi connectivity index (χ1n) is 12.4. The molecule has 0 N–H and O–H groups in total. The summed E-state index contributed by atoms with van der Waals surface area (Å²) >= 11 is 0. The fourth-order valence-electron chi connectivity index (χ4n) is 3.51. The van der Waals surface area contributed by atoms with Gasteiger partial charge in [-0.15, -0.1) is 5.73 Å². The van der Waals surface area contributed by atoms with Crippen LogP contribution in [0.15, 0.2) is 97.8 Å². The van der Waals surface area contributed by atoms with E-state index in [-0.39, 0.29) is 5.97 Å². The van der Waals surface area contributed by atoms with Crippen LogP contribution in [-0.2, 0) is 22.6 Å². The lowest BCUT2D eigenvalue weighted by atomic mass is 10.1. The van der Waals surface area contributed by atoms with Gasteiger partial charge in [0.25, 0.3) is 0 Å². The molecule has 0 amide bonds. The molecule has 190 valence electrons. The summed E-state index contributed by atoms with van der Waals surface area (Å²) in [7, 11) is 0. The van der Waals surface area contributed by atoms with E-state index in [4.69, 9.17) is 14.2 Å². The minimum Gasteiger partial charge on any atom is -0.494 e. The Balaban J connectivity index is 1.41. The monoisotopic (exact) mass is 494 g/mol. The maximum Gasteiger partial charge on any atom is 0.330 e. The number of esters is 1. The van der Waals surface area contributed by atoms with E-state index in [1.54, 1.807) is 0 Å². The Morgan fingerprint density at radius 1 is 0.865 bits per heavy atom. The summed E-state index contributed by atoms with van der Waals surface area (Å²) in [6.07, 6.45) is 9.37. The van der Waals surface area contributed by atoms with E-state index in [0.717, 1.165) is 47.5 Å². The molecular formula is C33H34O4. The molecule has 37 heavy (non-hydrogen) atoms. The molecule has 3 rings (SSSR count). The second-order valence-corrected chi connectivity index (χ2v) is 8.54. The number of ether oxygens (including phenoxy) is 3. The summed E-state index contributed by atoms with van der Waals surface area (Å²) in [6.45, 7) is 10.7. The van der Waals surface area contributed by atoms with Gasteiger partial charge in [0, 0.05) is 6.08 Å². The van der Waals surface area contributed by atoms with E-state index >= 15 is 0 Å². The Hall–Kier alpha value is -4.27. The van der Waals surface area contributed by atoms with Crippen LogP contribution >= 0.6 is 0 Å². The van der Waals surface area contributed by atoms with Gasteiger partial charge in [0.2, 0.25) is 0 Å². The topological polar surface area (TPSA) is 44.8 Å². The third-order valence-electron chi connectivity index (χ3n) is 5.72. The lowest BCUT2D eigenvalue weighted by molar-refractivity contribution is -0.137. The van der Waals surface area contributed by atoms with E-state index in [9.17, 15) is 4.79 Å². The number of hydrogen-bond acceptors (Lipinski definition) is 4. The minimum atomic E-state index is -0.388. The molecule has 0 radical (unpaired) electrons. The number of aryl methyl sites for hydroxylation is 1. The highest BCUT2D eigenvalue weighted by Gasteiger charge is 2.01. The van der Waals surface area contributed by atoms with Gasteiger partial charge in [-0.1, -0.05) is 61.7 Å². The van der Waals surface area contributed by atoms with E-state index in [0.29, 0.717) is 19.8 Å². The molecule has 0 aliphatic heterocycles. The number of benzene rings is 3. The van der Waals surface area contributed by atoms with Gasteiger partial charge in [-0.3, -0.25) is 0 Å². The summed E-state index contributed by atoms with van der Waals surface area (Å²) in [5.74, 6) is 1.30. The lowest BCUT2D eigenvalue weighted by Crippen LogP contribution is -2.04. The number of allylic oxidation sites excluding steroid dienone is 1. The Bertz CT molecular complexity index is 1230. The summed E-state index contributed by atoms with van der Waals surface area (Å²) in [6, 6.07) is 22.3. The largest absolute Gasteiger partial charge is 0.494 e. The van der Waals surface area contributed by atoms with Gasteiger partial charge >= 0.3 is 5.97 Å². The van der Waals surface area contributed by atoms with Crippen molar-refractivity contribution in [2.45, 2.75) is 32.8 Å². The maximum atomic E-state index is 11.0. The minimum absolute atomic E-state index is 0.384. The van der Waals surface area contributed by atoms with Gasteiger partial charge in [-0.05, 0) is 90.4 Å². The van der Waals surface area contributed by atoms with Crippen molar-refractivity contribution in [3.05, 3.63) is 126 Å². The molecule has 0 bridgehead atoms. The van der Waals surface area contributed by atoms with E-state index in [1.807, 2.05) is 60.7 Å². The van der Waals surface area contributed by atoms with Gasteiger partial charge in [0.15, 0.2) is 0 Å². The van der Waals surface area contributed by atoms with Crippen LogP contribution in [0.2, 0.25) is 0 Å². The second kappa shape index (κ2) is 15.0. The molecule has 0 aliphatic carbocycles. The van der Waals surface area contributed by atoms with Crippen LogP contribution in [0.25, 0.3) is 12.2 Å². The zero-order valence-electron chi connectivity index (χ0n) is 21.5. The zero-order valence-corrected chi connectivity index (χ0v) is 21.5. The number of carbonyl (C=O) groups excluding carboxylic acids is 1. The summed E-state index contributed by atoms with van der Waals surface area (Å²) < 4.78 is 16.7. The molecule has 0 saturated heterocycles. The molecule has 0 atom stereocenters. The Morgan fingerprint density at radius 2 is 1.57 bits per heavy atom. The first-order chi connectivity index (χ1) is 18.1. The molecule has 3 aromatic rings. The molecule has 4 heteroatoms. The Labute approximate surface area is 220 Å². The first kappa shape index (κ1) is 27.3. The molecule has 0 heterocycles. The standard InChI is InChI=1S/C33H34O4/c1-4-27-12-14-29(15-13-27)25-37-31-19-16-28(17-20-31)10-6-7-11-30-18-21-32(24-26(30)3)35-22-8-9-23-36-33(34)5-2/h4-5,7,10,12-21,24H,1-2,8-9,11,22-23,25H2,3H3. The maximum absolute atomic E-state index is 11.0. The number of carbonyl (C=O) groups is 1. The number of unbranched alkanes of at least 4 members (excludes halogenated alkanes) is 1. The van der Waals surface area contributed by atoms with E-state index in [2.05, 4.69) is 50.1 Å². The molecule has 0 fully saturated rings. The van der Waals surface area contributed by atoms with Crippen molar-refractivity contribution >= 4 is 18.1 Å². The van der Waals surface area contributed by atoms with Crippen molar-refractivity contribution in [2.24, 2.45) is 0 Å². The predicted molar refractivity (Wildman–Crippen MR) is 151 cm³/mol. The molecule has 0 unspecified atom stereocenters. The van der Waals surface area contributed by atoms with Crippen LogP contribution in [0.3, 0.4) is 0 Å². The lowest BCUT2D eigenvalue weighted by Gasteiger charge is -2.09. The molecule has 0 spiro atoms. The van der Waals surface area contributed by atoms with Gasteiger partial charge in [0.05, 0.1) is 13.2 Å². The summed E-state index contributed by atoms with van der Waals surface area (Å²) in [4.78, 5) is 11.0. The Morgan fingerprint density at radius 3 is 2.27 bits per heavy atom. The average molecular weight is 495 g/mol. The SMILES string of the molecule is C=CC(=O)OCCCCOc1ccc(CC=C=Cc2ccc(OCc3ccc(C=C)cc3)cc2)c(C)c1. The van der Waals surface area contributed by atoms with Gasteiger partial charge < -0.3 is 14.2 Å². The third kappa shape index (κ3) is 9.71. The Kier molecular flexibility index (Phi) is 11.1. The van der Waals surface area contributed by atoms with Gasteiger partial charge in [-0.25, -0.2) is 4.79 Å². The third-order valence-corrected chi connectivity index (χ3v) is 5.72. The molecule has 0 aromatic heterocycles. The molecule has 0 saturated carbocycles. The van der Waals surface area contributed by atoms with Crippen LogP contribution in [0, 0.1) is 6.92 Å². The molecule has 4 nitrogen and oxygen atoms in total. The van der Waals surface area contributed by atoms with Crippen molar-refractivity contribution in [2.75, 3.05) is 13.2 Å². The smallest absolute Gasteiger partial charge is 0.330 e. The molecule has 0 aliphatic rings. The van der Waals surface area contributed by atoms with Crippen LogP contribution in [0.4, 0.5) is 0 Å². The van der Waals surface area contributed by atoms with Gasteiger partial charge in [-0.2, -0.15) is 0 Å². The van der Waals surface area contributed by atoms with Crippen LogP contribution in [0.5, 0.6) is 11.5 Å². The fraction of sp³-hybridized carbons (Fsp3) is 0.212. The summed E-state index contributed by atoms with van der Waals surface area (Å²) in [5.41, 5.74) is 8.97. The highest BCUT2D eigenvalue weighted by Crippen LogP contribution is 2.19. The number of hydrogen-bond donors (Lipinski definition) is 0. The quantitative estimate of drug-likeness (QED) is 0.101. The van der Waals surface area contributed by atoms with Crippen molar-refractivity contribution in [1.82, 2.24) is 0 Å². The van der Waals surface area contributed by atoms with Crippen LogP contribution in [-0.4, -0.2) is 19.2 Å². The fourth-order valence-corrected chi connectivity index (χ4v) is 3.51. The van der Waals surface area contributed by atoms with Crippen molar-refractivity contribution in [3.8, 4) is 11.5 Å². The van der Waals surface area contributed by atoms with Crippen molar-refractivity contribution in [3.63, 3.8) is 0 Å². The first-order valence-corrected chi connectivity index (χ1v) is 12.4.